The van der Waals surface area contributed by atoms with Crippen molar-refractivity contribution in [2.24, 2.45) is 11.8 Å². The second-order valence-electron chi connectivity index (χ2n) is 5.79. The Balaban J connectivity index is 1.77. The molecule has 2 heterocycles. The summed E-state index contributed by atoms with van der Waals surface area (Å²) in [6.07, 6.45) is 11.1. The Kier molecular flexibility index (Phi) is 3.76. The number of rotatable bonds is 4. The second kappa shape index (κ2) is 5.69. The van der Waals surface area contributed by atoms with Gasteiger partial charge in [-0.2, -0.15) is 0 Å². The maximum Gasteiger partial charge on any atom is 0.180 e. The summed E-state index contributed by atoms with van der Waals surface area (Å²) < 4.78 is 2.01. The highest BCUT2D eigenvalue weighted by molar-refractivity contribution is 5.65. The Morgan fingerprint density at radius 2 is 2.20 bits per heavy atom. The molecule has 1 saturated carbocycles. The van der Waals surface area contributed by atoms with Gasteiger partial charge in [-0.3, -0.25) is 0 Å². The molecule has 0 bridgehead atoms. The molecule has 1 fully saturated rings. The Morgan fingerprint density at radius 3 is 3.00 bits per heavy atom. The molecular weight excluding hydrogens is 250 g/mol. The molecule has 0 aromatic carbocycles. The third-order valence-corrected chi connectivity index (χ3v) is 4.45. The molecule has 0 spiro atoms. The van der Waals surface area contributed by atoms with Gasteiger partial charge in [0.2, 0.25) is 0 Å². The highest BCUT2D eigenvalue weighted by Crippen LogP contribution is 2.30. The fraction of sp³-hybridized carbons (Fsp3) is 0.600. The van der Waals surface area contributed by atoms with Crippen molar-refractivity contribution in [3.05, 3.63) is 18.6 Å². The van der Waals surface area contributed by atoms with Crippen LogP contribution in [-0.4, -0.2) is 28.0 Å². The maximum atomic E-state index is 4.60. The van der Waals surface area contributed by atoms with Crippen LogP contribution < -0.4 is 10.6 Å². The molecule has 0 radical (unpaired) electrons. The number of nitrogens with one attached hydrogen (secondary N) is 2. The summed E-state index contributed by atoms with van der Waals surface area (Å²) >= 11 is 0. The number of hydrogen-bond acceptors (Lipinski definition) is 4. The van der Waals surface area contributed by atoms with E-state index in [2.05, 4.69) is 27.5 Å². The molecule has 2 atom stereocenters. The normalized spacial score (nSPS) is 22.9. The van der Waals surface area contributed by atoms with E-state index >= 15 is 0 Å². The van der Waals surface area contributed by atoms with Crippen LogP contribution in [0.15, 0.2) is 18.6 Å². The molecule has 20 heavy (non-hydrogen) atoms. The lowest BCUT2D eigenvalue weighted by atomic mass is 9.80. The lowest BCUT2D eigenvalue weighted by molar-refractivity contribution is 0.268. The lowest BCUT2D eigenvalue weighted by Gasteiger charge is -2.29. The quantitative estimate of drug-likeness (QED) is 0.899. The molecule has 5 heteroatoms. The van der Waals surface area contributed by atoms with Crippen molar-refractivity contribution in [3.8, 4) is 0 Å². The van der Waals surface area contributed by atoms with Crippen molar-refractivity contribution in [1.29, 1.82) is 0 Å². The molecule has 1 aliphatic rings. The number of imidazole rings is 1. The Morgan fingerprint density at radius 1 is 1.35 bits per heavy atom. The molecular formula is C15H23N5. The van der Waals surface area contributed by atoms with Crippen LogP contribution in [-0.2, 0) is 0 Å². The minimum Gasteiger partial charge on any atom is -0.372 e. The van der Waals surface area contributed by atoms with E-state index in [1.54, 1.807) is 0 Å². The molecule has 2 N–H and O–H groups in total. The van der Waals surface area contributed by atoms with E-state index < -0.39 is 0 Å². The molecule has 2 aromatic heterocycles. The first-order chi connectivity index (χ1) is 9.78. The first kappa shape index (κ1) is 13.2. The molecule has 0 aliphatic heterocycles. The molecule has 5 nitrogen and oxygen atoms in total. The van der Waals surface area contributed by atoms with Crippen LogP contribution in [0.3, 0.4) is 0 Å². The van der Waals surface area contributed by atoms with E-state index in [0.717, 1.165) is 35.7 Å². The standard InChI is InChI=1S/C15H23N5/c1-11-5-3-4-6-12(11)9-18-14-15-17-7-8-20(15)10-13(16-2)19-14/h7-8,10-12,16H,3-6,9H2,1-2H3,(H,18,19). The molecule has 0 amide bonds. The lowest BCUT2D eigenvalue weighted by Crippen LogP contribution is -2.25. The van der Waals surface area contributed by atoms with Gasteiger partial charge in [-0.15, -0.1) is 0 Å². The minimum absolute atomic E-state index is 0.749. The highest BCUT2D eigenvalue weighted by atomic mass is 15.1. The minimum atomic E-state index is 0.749. The van der Waals surface area contributed by atoms with Crippen molar-refractivity contribution in [3.63, 3.8) is 0 Å². The van der Waals surface area contributed by atoms with Gasteiger partial charge in [-0.25, -0.2) is 9.97 Å². The number of hydrogen-bond donors (Lipinski definition) is 2. The maximum absolute atomic E-state index is 4.60. The monoisotopic (exact) mass is 273 g/mol. The van der Waals surface area contributed by atoms with Crippen LogP contribution in [0.1, 0.15) is 32.6 Å². The molecule has 2 aromatic rings. The van der Waals surface area contributed by atoms with Gasteiger partial charge >= 0.3 is 0 Å². The smallest absolute Gasteiger partial charge is 0.180 e. The van der Waals surface area contributed by atoms with E-state index in [9.17, 15) is 0 Å². The van der Waals surface area contributed by atoms with Crippen molar-refractivity contribution in [1.82, 2.24) is 14.4 Å². The average molecular weight is 273 g/mol. The fourth-order valence-electron chi connectivity index (χ4n) is 3.09. The van der Waals surface area contributed by atoms with Crippen LogP contribution in [0.5, 0.6) is 0 Å². The summed E-state index contributed by atoms with van der Waals surface area (Å²) in [5.41, 5.74) is 0.896. The average Bonchev–Trinajstić information content (AvgIpc) is 2.94. The first-order valence-electron chi connectivity index (χ1n) is 7.53. The summed E-state index contributed by atoms with van der Waals surface area (Å²) in [6, 6.07) is 0. The van der Waals surface area contributed by atoms with Crippen molar-refractivity contribution >= 4 is 17.3 Å². The van der Waals surface area contributed by atoms with Crippen molar-refractivity contribution < 1.29 is 0 Å². The zero-order valence-electron chi connectivity index (χ0n) is 12.3. The third kappa shape index (κ3) is 2.57. The van der Waals surface area contributed by atoms with E-state index in [1.807, 2.05) is 30.0 Å². The summed E-state index contributed by atoms with van der Waals surface area (Å²) in [6.45, 7) is 3.36. The number of fused-ring (bicyclic) bond motifs is 1. The summed E-state index contributed by atoms with van der Waals surface area (Å²) in [4.78, 5) is 8.98. The van der Waals surface area contributed by atoms with Gasteiger partial charge in [0.25, 0.3) is 0 Å². The molecule has 3 rings (SSSR count). The third-order valence-electron chi connectivity index (χ3n) is 4.45. The van der Waals surface area contributed by atoms with Crippen molar-refractivity contribution in [2.45, 2.75) is 32.6 Å². The predicted octanol–water partition coefficient (Wildman–Crippen LogP) is 3.01. The van der Waals surface area contributed by atoms with Crippen LogP contribution in [0.4, 0.5) is 11.6 Å². The molecule has 0 saturated heterocycles. The summed E-state index contributed by atoms with van der Waals surface area (Å²) in [5, 5.41) is 6.61. The van der Waals surface area contributed by atoms with E-state index in [1.165, 1.54) is 25.7 Å². The summed E-state index contributed by atoms with van der Waals surface area (Å²) in [7, 11) is 1.89. The number of aromatic nitrogens is 3. The molecule has 1 aliphatic carbocycles. The van der Waals surface area contributed by atoms with Crippen LogP contribution in [0, 0.1) is 11.8 Å². The second-order valence-corrected chi connectivity index (χ2v) is 5.79. The predicted molar refractivity (Wildman–Crippen MR) is 82.1 cm³/mol. The van der Waals surface area contributed by atoms with Crippen LogP contribution in [0.2, 0.25) is 0 Å². The van der Waals surface area contributed by atoms with E-state index in [-0.39, 0.29) is 0 Å². The Hall–Kier alpha value is -1.78. The zero-order chi connectivity index (χ0) is 13.9. The van der Waals surface area contributed by atoms with Crippen LogP contribution >= 0.6 is 0 Å². The highest BCUT2D eigenvalue weighted by Gasteiger charge is 2.21. The van der Waals surface area contributed by atoms with E-state index in [0.29, 0.717) is 0 Å². The number of nitrogens with zero attached hydrogens (tertiary/aromatic N) is 3. The first-order valence-corrected chi connectivity index (χ1v) is 7.53. The topological polar surface area (TPSA) is 54.2 Å². The van der Waals surface area contributed by atoms with Gasteiger partial charge in [0.15, 0.2) is 11.5 Å². The van der Waals surface area contributed by atoms with Crippen molar-refractivity contribution in [2.75, 3.05) is 24.2 Å². The Bertz CT molecular complexity index is 577. The van der Waals surface area contributed by atoms with Gasteiger partial charge < -0.3 is 15.0 Å². The van der Waals surface area contributed by atoms with Crippen LogP contribution in [0.25, 0.3) is 5.65 Å². The largest absolute Gasteiger partial charge is 0.372 e. The molecule has 108 valence electrons. The Labute approximate surface area is 119 Å². The van der Waals surface area contributed by atoms with Gasteiger partial charge in [0, 0.05) is 26.0 Å². The van der Waals surface area contributed by atoms with Gasteiger partial charge in [0.05, 0.1) is 6.20 Å². The van der Waals surface area contributed by atoms with Gasteiger partial charge in [0.1, 0.15) is 5.82 Å². The van der Waals surface area contributed by atoms with E-state index in [4.69, 9.17) is 0 Å². The molecule has 2 unspecified atom stereocenters. The van der Waals surface area contributed by atoms with Gasteiger partial charge in [-0.05, 0) is 18.3 Å². The fourth-order valence-corrected chi connectivity index (χ4v) is 3.09. The SMILES string of the molecule is CNc1cn2ccnc2c(NCC2CCCCC2C)n1. The zero-order valence-corrected chi connectivity index (χ0v) is 12.3. The summed E-state index contributed by atoms with van der Waals surface area (Å²) in [5.74, 6) is 3.28. The van der Waals surface area contributed by atoms with Gasteiger partial charge in [-0.1, -0.05) is 26.2 Å². The number of anilines is 2.